The SMILES string of the molecule is CCc1cccc(Nc2cccc(S(C)(=O)=O)c2N)c1. The molecule has 4 nitrogen and oxygen atoms in total. The maximum absolute atomic E-state index is 11.7. The van der Waals surface area contributed by atoms with Crippen molar-refractivity contribution >= 4 is 26.9 Å². The number of nitrogen functional groups attached to an aromatic ring is 1. The minimum Gasteiger partial charge on any atom is -0.396 e. The molecule has 0 amide bonds. The third-order valence-corrected chi connectivity index (χ3v) is 4.23. The highest BCUT2D eigenvalue weighted by Gasteiger charge is 2.14. The van der Waals surface area contributed by atoms with Crippen LogP contribution in [0.15, 0.2) is 47.4 Å². The summed E-state index contributed by atoms with van der Waals surface area (Å²) in [6, 6.07) is 12.9. The number of nitrogens with two attached hydrogens (primary N) is 1. The Bertz CT molecular complexity index is 724. The van der Waals surface area contributed by atoms with E-state index in [0.29, 0.717) is 5.69 Å². The molecule has 106 valence electrons. The van der Waals surface area contributed by atoms with Crippen molar-refractivity contribution in [2.75, 3.05) is 17.3 Å². The molecular formula is C15H18N2O2S. The van der Waals surface area contributed by atoms with Crippen molar-refractivity contribution in [1.82, 2.24) is 0 Å². The molecule has 0 radical (unpaired) electrons. The highest BCUT2D eigenvalue weighted by Crippen LogP contribution is 2.29. The number of sulfone groups is 1. The van der Waals surface area contributed by atoms with Crippen molar-refractivity contribution in [3.63, 3.8) is 0 Å². The summed E-state index contributed by atoms with van der Waals surface area (Å²) in [7, 11) is -3.33. The standard InChI is InChI=1S/C15H18N2O2S/c1-3-11-6-4-7-12(10-11)17-13-8-5-9-14(15(13)16)20(2,18)19/h4-10,17H,3,16H2,1-2H3. The Kier molecular flexibility index (Phi) is 3.99. The first-order valence-electron chi connectivity index (χ1n) is 6.36. The Hall–Kier alpha value is -2.01. The van der Waals surface area contributed by atoms with Crippen molar-refractivity contribution in [3.8, 4) is 0 Å². The van der Waals surface area contributed by atoms with Crippen LogP contribution >= 0.6 is 0 Å². The van der Waals surface area contributed by atoms with Gasteiger partial charge in [-0.1, -0.05) is 25.1 Å². The third-order valence-electron chi connectivity index (χ3n) is 3.08. The summed E-state index contributed by atoms with van der Waals surface area (Å²) >= 11 is 0. The van der Waals surface area contributed by atoms with E-state index in [4.69, 9.17) is 5.73 Å². The zero-order valence-corrected chi connectivity index (χ0v) is 12.4. The summed E-state index contributed by atoms with van der Waals surface area (Å²) in [5.74, 6) is 0. The molecular weight excluding hydrogens is 272 g/mol. The Labute approximate surface area is 119 Å². The van der Waals surface area contributed by atoms with Gasteiger partial charge in [-0.05, 0) is 36.2 Å². The van der Waals surface area contributed by atoms with Gasteiger partial charge in [0.2, 0.25) is 0 Å². The quantitative estimate of drug-likeness (QED) is 0.849. The number of para-hydroxylation sites is 1. The van der Waals surface area contributed by atoms with Crippen LogP contribution in [0.1, 0.15) is 12.5 Å². The van der Waals surface area contributed by atoms with Crippen LogP contribution in [0.5, 0.6) is 0 Å². The monoisotopic (exact) mass is 290 g/mol. The van der Waals surface area contributed by atoms with Gasteiger partial charge in [0.05, 0.1) is 16.3 Å². The van der Waals surface area contributed by atoms with E-state index in [1.165, 1.54) is 11.6 Å². The summed E-state index contributed by atoms with van der Waals surface area (Å²) in [4.78, 5) is 0.147. The van der Waals surface area contributed by atoms with Crippen LogP contribution in [-0.4, -0.2) is 14.7 Å². The number of benzene rings is 2. The van der Waals surface area contributed by atoms with Gasteiger partial charge in [0.15, 0.2) is 9.84 Å². The van der Waals surface area contributed by atoms with Gasteiger partial charge in [0.25, 0.3) is 0 Å². The van der Waals surface area contributed by atoms with Gasteiger partial charge in [-0.15, -0.1) is 0 Å². The van der Waals surface area contributed by atoms with Crippen LogP contribution in [0, 0.1) is 0 Å². The van der Waals surface area contributed by atoms with Gasteiger partial charge in [0.1, 0.15) is 0 Å². The number of nitrogens with one attached hydrogen (secondary N) is 1. The summed E-state index contributed by atoms with van der Waals surface area (Å²) in [5.41, 5.74) is 8.88. The molecule has 0 bridgehead atoms. The molecule has 0 saturated heterocycles. The highest BCUT2D eigenvalue weighted by molar-refractivity contribution is 7.90. The summed E-state index contributed by atoms with van der Waals surface area (Å²) in [6.45, 7) is 2.08. The summed E-state index contributed by atoms with van der Waals surface area (Å²) < 4.78 is 23.3. The van der Waals surface area contributed by atoms with Crippen LogP contribution in [0.2, 0.25) is 0 Å². The Morgan fingerprint density at radius 1 is 1.15 bits per heavy atom. The lowest BCUT2D eigenvalue weighted by atomic mass is 10.1. The summed E-state index contributed by atoms with van der Waals surface area (Å²) in [6.07, 6.45) is 2.09. The lowest BCUT2D eigenvalue weighted by molar-refractivity contribution is 0.602. The predicted octanol–water partition coefficient (Wildman–Crippen LogP) is 2.98. The van der Waals surface area contributed by atoms with E-state index >= 15 is 0 Å². The third kappa shape index (κ3) is 3.11. The lowest BCUT2D eigenvalue weighted by Crippen LogP contribution is -2.05. The minimum atomic E-state index is -3.33. The molecule has 0 fully saturated rings. The van der Waals surface area contributed by atoms with Crippen molar-refractivity contribution in [2.45, 2.75) is 18.2 Å². The van der Waals surface area contributed by atoms with Crippen LogP contribution in [0.25, 0.3) is 0 Å². The molecule has 0 unspecified atom stereocenters. The topological polar surface area (TPSA) is 72.2 Å². The highest BCUT2D eigenvalue weighted by atomic mass is 32.2. The normalized spacial score (nSPS) is 11.3. The van der Waals surface area contributed by atoms with E-state index in [9.17, 15) is 8.42 Å². The lowest BCUT2D eigenvalue weighted by Gasteiger charge is -2.12. The number of anilines is 3. The van der Waals surface area contributed by atoms with E-state index in [1.807, 2.05) is 24.3 Å². The van der Waals surface area contributed by atoms with Crippen molar-refractivity contribution in [2.24, 2.45) is 0 Å². The molecule has 0 aliphatic heterocycles. The zero-order valence-electron chi connectivity index (χ0n) is 11.6. The predicted molar refractivity (Wildman–Crippen MR) is 83.1 cm³/mol. The van der Waals surface area contributed by atoms with Gasteiger partial charge in [-0.25, -0.2) is 8.42 Å². The Morgan fingerprint density at radius 3 is 2.50 bits per heavy atom. The fourth-order valence-electron chi connectivity index (χ4n) is 2.00. The molecule has 2 aromatic rings. The molecule has 2 rings (SSSR count). The molecule has 0 aliphatic carbocycles. The molecule has 5 heteroatoms. The maximum Gasteiger partial charge on any atom is 0.177 e. The second kappa shape index (κ2) is 5.54. The van der Waals surface area contributed by atoms with Crippen molar-refractivity contribution in [1.29, 1.82) is 0 Å². The first-order valence-corrected chi connectivity index (χ1v) is 8.25. The van der Waals surface area contributed by atoms with E-state index in [-0.39, 0.29) is 10.6 Å². The first kappa shape index (κ1) is 14.4. The van der Waals surface area contributed by atoms with Crippen LogP contribution < -0.4 is 11.1 Å². The second-order valence-electron chi connectivity index (χ2n) is 4.67. The number of aryl methyl sites for hydroxylation is 1. The van der Waals surface area contributed by atoms with Gasteiger partial charge in [-0.2, -0.15) is 0 Å². The van der Waals surface area contributed by atoms with Gasteiger partial charge in [0, 0.05) is 11.9 Å². The Balaban J connectivity index is 2.39. The summed E-state index contributed by atoms with van der Waals surface area (Å²) in [5, 5.41) is 3.17. The van der Waals surface area contributed by atoms with Crippen LogP contribution in [-0.2, 0) is 16.3 Å². The van der Waals surface area contributed by atoms with E-state index in [2.05, 4.69) is 12.2 Å². The molecule has 0 heterocycles. The molecule has 0 aliphatic rings. The fraction of sp³-hybridized carbons (Fsp3) is 0.200. The molecule has 20 heavy (non-hydrogen) atoms. The van der Waals surface area contributed by atoms with Gasteiger partial charge >= 0.3 is 0 Å². The fourth-order valence-corrected chi connectivity index (χ4v) is 2.84. The van der Waals surface area contributed by atoms with Crippen LogP contribution in [0.3, 0.4) is 0 Å². The molecule has 0 aromatic heterocycles. The van der Waals surface area contributed by atoms with Gasteiger partial charge < -0.3 is 11.1 Å². The smallest absolute Gasteiger partial charge is 0.177 e. The van der Waals surface area contributed by atoms with Crippen molar-refractivity contribution in [3.05, 3.63) is 48.0 Å². The molecule has 0 saturated carbocycles. The van der Waals surface area contributed by atoms with E-state index in [1.54, 1.807) is 12.1 Å². The molecule has 0 atom stereocenters. The molecule has 2 aromatic carbocycles. The minimum absolute atomic E-state index is 0.147. The second-order valence-corrected chi connectivity index (χ2v) is 6.65. The zero-order chi connectivity index (χ0) is 14.8. The molecule has 3 N–H and O–H groups in total. The van der Waals surface area contributed by atoms with Crippen LogP contribution in [0.4, 0.5) is 17.1 Å². The van der Waals surface area contributed by atoms with E-state index in [0.717, 1.165) is 18.4 Å². The maximum atomic E-state index is 11.7. The van der Waals surface area contributed by atoms with Gasteiger partial charge in [-0.3, -0.25) is 0 Å². The Morgan fingerprint density at radius 2 is 1.85 bits per heavy atom. The number of hydrogen-bond acceptors (Lipinski definition) is 4. The number of hydrogen-bond donors (Lipinski definition) is 2. The average molecular weight is 290 g/mol. The molecule has 0 spiro atoms. The number of rotatable bonds is 4. The van der Waals surface area contributed by atoms with Crippen molar-refractivity contribution < 1.29 is 8.42 Å². The first-order chi connectivity index (χ1) is 9.41. The largest absolute Gasteiger partial charge is 0.396 e. The average Bonchev–Trinajstić information content (AvgIpc) is 2.40. The van der Waals surface area contributed by atoms with E-state index < -0.39 is 9.84 Å².